The van der Waals surface area contributed by atoms with Crippen LogP contribution in [0.1, 0.15) is 18.9 Å². The number of carbonyl (C=O) groups excluding carboxylic acids is 2. The second kappa shape index (κ2) is 7.36. The fourth-order valence-corrected chi connectivity index (χ4v) is 3.18. The molecule has 1 heterocycles. The molecule has 4 nitrogen and oxygen atoms in total. The van der Waals surface area contributed by atoms with E-state index in [4.69, 9.17) is 4.74 Å². The SMILES string of the molecule is CCCOc1ccccc1/C=C1\SC(=O)N(c2ccccc2)C1=O. The fraction of sp³-hybridized carbons (Fsp3) is 0.158. The minimum atomic E-state index is -0.304. The summed E-state index contributed by atoms with van der Waals surface area (Å²) in [6, 6.07) is 16.5. The van der Waals surface area contributed by atoms with Gasteiger partial charge in [0.15, 0.2) is 0 Å². The van der Waals surface area contributed by atoms with Crippen molar-refractivity contribution in [3.63, 3.8) is 0 Å². The first-order valence-corrected chi connectivity index (χ1v) is 8.57. The average Bonchev–Trinajstić information content (AvgIpc) is 2.88. The van der Waals surface area contributed by atoms with Gasteiger partial charge in [-0.25, -0.2) is 4.90 Å². The predicted octanol–water partition coefficient (Wildman–Crippen LogP) is 4.72. The van der Waals surface area contributed by atoms with Gasteiger partial charge in [0, 0.05) is 5.56 Å². The Morgan fingerprint density at radius 1 is 1.04 bits per heavy atom. The molecule has 0 spiro atoms. The summed E-state index contributed by atoms with van der Waals surface area (Å²) in [6.07, 6.45) is 2.62. The summed E-state index contributed by atoms with van der Waals surface area (Å²) in [7, 11) is 0. The molecule has 1 saturated heterocycles. The van der Waals surface area contributed by atoms with Crippen LogP contribution in [-0.4, -0.2) is 17.8 Å². The van der Waals surface area contributed by atoms with Gasteiger partial charge in [-0.05, 0) is 42.5 Å². The Kier molecular flexibility index (Phi) is 5.01. The molecule has 2 amide bonds. The summed E-state index contributed by atoms with van der Waals surface area (Å²) in [5.41, 5.74) is 1.38. The first-order chi connectivity index (χ1) is 11.7. The van der Waals surface area contributed by atoms with E-state index in [9.17, 15) is 9.59 Å². The van der Waals surface area contributed by atoms with E-state index in [0.29, 0.717) is 22.9 Å². The molecule has 0 bridgehead atoms. The van der Waals surface area contributed by atoms with Crippen molar-refractivity contribution in [2.24, 2.45) is 0 Å². The van der Waals surface area contributed by atoms with E-state index in [0.717, 1.165) is 23.7 Å². The van der Waals surface area contributed by atoms with Crippen LogP contribution in [0, 0.1) is 0 Å². The lowest BCUT2D eigenvalue weighted by Gasteiger charge is -2.11. The molecule has 2 aromatic carbocycles. The van der Waals surface area contributed by atoms with Crippen LogP contribution in [-0.2, 0) is 4.79 Å². The highest BCUT2D eigenvalue weighted by Gasteiger charge is 2.36. The molecule has 1 fully saturated rings. The summed E-state index contributed by atoms with van der Waals surface area (Å²) in [5.74, 6) is 0.410. The van der Waals surface area contributed by atoms with Gasteiger partial charge in [-0.3, -0.25) is 9.59 Å². The minimum absolute atomic E-state index is 0.288. The van der Waals surface area contributed by atoms with Crippen molar-refractivity contribution < 1.29 is 14.3 Å². The number of thioether (sulfide) groups is 1. The number of imide groups is 1. The molecular formula is C19H17NO3S. The second-order valence-electron chi connectivity index (χ2n) is 5.24. The number of rotatable bonds is 5. The van der Waals surface area contributed by atoms with Gasteiger partial charge in [0.05, 0.1) is 17.2 Å². The van der Waals surface area contributed by atoms with Crippen LogP contribution in [0.4, 0.5) is 10.5 Å². The van der Waals surface area contributed by atoms with Gasteiger partial charge in [0.25, 0.3) is 11.1 Å². The van der Waals surface area contributed by atoms with E-state index in [1.54, 1.807) is 30.3 Å². The number of amides is 2. The number of hydrogen-bond donors (Lipinski definition) is 0. The van der Waals surface area contributed by atoms with E-state index in [1.807, 2.05) is 37.3 Å². The van der Waals surface area contributed by atoms with Crippen LogP contribution in [0.15, 0.2) is 59.5 Å². The fourth-order valence-electron chi connectivity index (χ4n) is 2.35. The van der Waals surface area contributed by atoms with Crippen molar-refractivity contribution in [1.29, 1.82) is 0 Å². The highest BCUT2D eigenvalue weighted by Crippen LogP contribution is 2.36. The monoisotopic (exact) mass is 339 g/mol. The zero-order valence-electron chi connectivity index (χ0n) is 13.3. The van der Waals surface area contributed by atoms with Crippen LogP contribution in [0.3, 0.4) is 0 Å². The van der Waals surface area contributed by atoms with Gasteiger partial charge in [-0.1, -0.05) is 43.3 Å². The van der Waals surface area contributed by atoms with Crippen LogP contribution >= 0.6 is 11.8 Å². The van der Waals surface area contributed by atoms with E-state index in [1.165, 1.54) is 4.90 Å². The van der Waals surface area contributed by atoms with Crippen molar-refractivity contribution in [1.82, 2.24) is 0 Å². The zero-order valence-corrected chi connectivity index (χ0v) is 14.1. The molecule has 0 radical (unpaired) electrons. The molecule has 1 aliphatic rings. The Bertz CT molecular complexity index is 786. The Morgan fingerprint density at radius 3 is 2.50 bits per heavy atom. The molecule has 3 rings (SSSR count). The maximum absolute atomic E-state index is 12.6. The lowest BCUT2D eigenvalue weighted by Crippen LogP contribution is -2.27. The molecular weight excluding hydrogens is 322 g/mol. The van der Waals surface area contributed by atoms with Gasteiger partial charge < -0.3 is 4.74 Å². The topological polar surface area (TPSA) is 46.6 Å². The van der Waals surface area contributed by atoms with Crippen molar-refractivity contribution in [2.45, 2.75) is 13.3 Å². The minimum Gasteiger partial charge on any atom is -0.493 e. The number of carbonyl (C=O) groups is 2. The maximum Gasteiger partial charge on any atom is 0.298 e. The molecule has 0 saturated carbocycles. The third kappa shape index (κ3) is 3.36. The maximum atomic E-state index is 12.6. The number of hydrogen-bond acceptors (Lipinski definition) is 4. The normalized spacial score (nSPS) is 16.0. The number of ether oxygens (including phenoxy) is 1. The lowest BCUT2D eigenvalue weighted by molar-refractivity contribution is -0.113. The average molecular weight is 339 g/mol. The smallest absolute Gasteiger partial charge is 0.298 e. The van der Waals surface area contributed by atoms with Crippen molar-refractivity contribution in [3.8, 4) is 5.75 Å². The number of anilines is 1. The highest BCUT2D eigenvalue weighted by molar-refractivity contribution is 8.19. The van der Waals surface area contributed by atoms with Gasteiger partial charge in [-0.2, -0.15) is 0 Å². The van der Waals surface area contributed by atoms with Crippen molar-refractivity contribution in [3.05, 3.63) is 65.1 Å². The van der Waals surface area contributed by atoms with Gasteiger partial charge in [-0.15, -0.1) is 0 Å². The van der Waals surface area contributed by atoms with E-state index in [-0.39, 0.29) is 11.1 Å². The highest BCUT2D eigenvalue weighted by atomic mass is 32.2. The third-order valence-electron chi connectivity index (χ3n) is 3.48. The summed E-state index contributed by atoms with van der Waals surface area (Å²) in [5, 5.41) is -0.288. The predicted molar refractivity (Wildman–Crippen MR) is 97.1 cm³/mol. The molecule has 0 atom stereocenters. The summed E-state index contributed by atoms with van der Waals surface area (Å²) >= 11 is 0.947. The molecule has 0 unspecified atom stereocenters. The largest absolute Gasteiger partial charge is 0.493 e. The van der Waals surface area contributed by atoms with Crippen LogP contribution in [0.2, 0.25) is 0 Å². The quantitative estimate of drug-likeness (QED) is 0.740. The van der Waals surface area contributed by atoms with Crippen LogP contribution in [0.5, 0.6) is 5.75 Å². The first-order valence-electron chi connectivity index (χ1n) is 7.75. The summed E-state index contributed by atoms with van der Waals surface area (Å²) in [4.78, 5) is 26.5. The Labute approximate surface area is 145 Å². The molecule has 0 N–H and O–H groups in total. The first kappa shape index (κ1) is 16.3. The van der Waals surface area contributed by atoms with Gasteiger partial charge in [0.2, 0.25) is 0 Å². The third-order valence-corrected chi connectivity index (χ3v) is 4.34. The van der Waals surface area contributed by atoms with Gasteiger partial charge in [0.1, 0.15) is 5.75 Å². The number of benzene rings is 2. The lowest BCUT2D eigenvalue weighted by atomic mass is 10.2. The van der Waals surface area contributed by atoms with Crippen LogP contribution < -0.4 is 9.64 Å². The Hall–Kier alpha value is -2.53. The Morgan fingerprint density at radius 2 is 1.75 bits per heavy atom. The Balaban J connectivity index is 1.90. The number of nitrogens with zero attached hydrogens (tertiary/aromatic N) is 1. The van der Waals surface area contributed by atoms with Crippen LogP contribution in [0.25, 0.3) is 6.08 Å². The molecule has 2 aromatic rings. The molecule has 1 aliphatic heterocycles. The van der Waals surface area contributed by atoms with Crippen molar-refractivity contribution in [2.75, 3.05) is 11.5 Å². The van der Waals surface area contributed by atoms with E-state index >= 15 is 0 Å². The summed E-state index contributed by atoms with van der Waals surface area (Å²) < 4.78 is 5.71. The second-order valence-corrected chi connectivity index (χ2v) is 6.23. The van der Waals surface area contributed by atoms with E-state index < -0.39 is 0 Å². The molecule has 122 valence electrons. The summed E-state index contributed by atoms with van der Waals surface area (Å²) in [6.45, 7) is 2.64. The van der Waals surface area contributed by atoms with Gasteiger partial charge >= 0.3 is 0 Å². The molecule has 5 heteroatoms. The molecule has 0 aliphatic carbocycles. The van der Waals surface area contributed by atoms with E-state index in [2.05, 4.69) is 0 Å². The molecule has 0 aromatic heterocycles. The zero-order chi connectivity index (χ0) is 16.9. The van der Waals surface area contributed by atoms with Crippen molar-refractivity contribution >= 4 is 34.7 Å². The standard InChI is InChI=1S/C19H17NO3S/c1-2-12-23-16-11-7-6-8-14(16)13-17-18(21)20(19(22)24-17)15-9-4-3-5-10-15/h3-11,13H,2,12H2,1H3/b17-13-. The molecule has 24 heavy (non-hydrogen) atoms. The number of para-hydroxylation sites is 2.